The average molecular weight is 258 g/mol. The number of hydrogen-bond acceptors (Lipinski definition) is 6. The fourth-order valence-corrected chi connectivity index (χ4v) is 2.23. The van der Waals surface area contributed by atoms with Crippen molar-refractivity contribution in [1.82, 2.24) is 4.98 Å². The Hall–Kier alpha value is -1.14. The number of thiazole rings is 1. The van der Waals surface area contributed by atoms with E-state index in [-0.39, 0.29) is 6.04 Å². The van der Waals surface area contributed by atoms with Crippen LogP contribution in [0.4, 0.5) is 5.13 Å². The maximum Gasteiger partial charge on any atom is 0.357 e. The summed E-state index contributed by atoms with van der Waals surface area (Å²) in [5.74, 6) is -0.392. The van der Waals surface area contributed by atoms with Gasteiger partial charge in [-0.3, -0.25) is 0 Å². The van der Waals surface area contributed by atoms with Gasteiger partial charge in [-0.2, -0.15) is 0 Å². The zero-order valence-electron chi connectivity index (χ0n) is 10.6. The standard InChI is InChI=1S/C11H18N2O3S/c1-7(5-6-15-3)12-11-13-9(8(2)17-11)10(14)16-4/h7H,5-6H2,1-4H3,(H,12,13). The third kappa shape index (κ3) is 3.98. The van der Waals surface area contributed by atoms with Gasteiger partial charge >= 0.3 is 5.97 Å². The van der Waals surface area contributed by atoms with Crippen molar-refractivity contribution in [2.75, 3.05) is 26.1 Å². The van der Waals surface area contributed by atoms with E-state index in [0.717, 1.165) is 16.4 Å². The van der Waals surface area contributed by atoms with Crippen LogP contribution in [0.25, 0.3) is 0 Å². The first kappa shape index (κ1) is 13.9. The van der Waals surface area contributed by atoms with Crippen LogP contribution in [0.1, 0.15) is 28.7 Å². The second kappa shape index (κ2) is 6.56. The van der Waals surface area contributed by atoms with Gasteiger partial charge in [-0.05, 0) is 20.3 Å². The molecule has 0 aliphatic rings. The highest BCUT2D eigenvalue weighted by Gasteiger charge is 2.16. The van der Waals surface area contributed by atoms with Crippen molar-refractivity contribution in [1.29, 1.82) is 0 Å². The molecule has 1 aromatic rings. The minimum Gasteiger partial charge on any atom is -0.464 e. The Bertz CT molecular complexity index is 379. The number of aryl methyl sites for hydroxylation is 1. The van der Waals surface area contributed by atoms with Gasteiger partial charge in [0, 0.05) is 24.6 Å². The molecule has 0 aliphatic heterocycles. The van der Waals surface area contributed by atoms with Gasteiger partial charge in [0.05, 0.1) is 7.11 Å². The lowest BCUT2D eigenvalue weighted by atomic mass is 10.2. The molecule has 0 saturated heterocycles. The van der Waals surface area contributed by atoms with Crippen LogP contribution in [0, 0.1) is 6.92 Å². The number of nitrogens with one attached hydrogen (secondary N) is 1. The number of carbonyl (C=O) groups excluding carboxylic acids is 1. The van der Waals surface area contributed by atoms with E-state index < -0.39 is 5.97 Å². The Labute approximate surface area is 105 Å². The van der Waals surface area contributed by atoms with E-state index in [1.807, 2.05) is 13.8 Å². The second-order valence-electron chi connectivity index (χ2n) is 3.74. The summed E-state index contributed by atoms with van der Waals surface area (Å²) in [7, 11) is 3.03. The number of methoxy groups -OCH3 is 2. The molecule has 0 aliphatic carbocycles. The van der Waals surface area contributed by atoms with Crippen molar-refractivity contribution >= 4 is 22.4 Å². The summed E-state index contributed by atoms with van der Waals surface area (Å²) in [6.07, 6.45) is 0.892. The maximum absolute atomic E-state index is 11.4. The number of aromatic nitrogens is 1. The summed E-state index contributed by atoms with van der Waals surface area (Å²) in [6, 6.07) is 0.256. The monoisotopic (exact) mass is 258 g/mol. The van der Waals surface area contributed by atoms with Crippen molar-refractivity contribution in [2.24, 2.45) is 0 Å². The first-order valence-corrected chi connectivity index (χ1v) is 6.21. The van der Waals surface area contributed by atoms with Crippen LogP contribution in [0.2, 0.25) is 0 Å². The smallest absolute Gasteiger partial charge is 0.357 e. The molecule has 5 nitrogen and oxygen atoms in total. The SMILES string of the molecule is COCCC(C)Nc1nc(C(=O)OC)c(C)s1. The quantitative estimate of drug-likeness (QED) is 0.792. The number of esters is 1. The predicted molar refractivity (Wildman–Crippen MR) is 67.8 cm³/mol. The van der Waals surface area contributed by atoms with E-state index in [0.29, 0.717) is 12.3 Å². The number of anilines is 1. The molecular weight excluding hydrogens is 240 g/mol. The minimum atomic E-state index is -0.392. The van der Waals surface area contributed by atoms with E-state index in [2.05, 4.69) is 15.0 Å². The molecule has 0 aromatic carbocycles. The molecule has 0 fully saturated rings. The van der Waals surface area contributed by atoms with Gasteiger partial charge in [0.1, 0.15) is 0 Å². The van der Waals surface area contributed by atoms with Gasteiger partial charge in [-0.15, -0.1) is 11.3 Å². The summed E-state index contributed by atoms with van der Waals surface area (Å²) in [6.45, 7) is 4.60. The summed E-state index contributed by atoms with van der Waals surface area (Å²) in [4.78, 5) is 16.5. The molecule has 1 unspecified atom stereocenters. The number of ether oxygens (including phenoxy) is 2. The zero-order chi connectivity index (χ0) is 12.8. The van der Waals surface area contributed by atoms with Gasteiger partial charge in [0.2, 0.25) is 0 Å². The molecule has 0 bridgehead atoms. The van der Waals surface area contributed by atoms with Crippen molar-refractivity contribution in [3.05, 3.63) is 10.6 Å². The van der Waals surface area contributed by atoms with Crippen molar-refractivity contribution in [2.45, 2.75) is 26.3 Å². The first-order valence-electron chi connectivity index (χ1n) is 5.39. The van der Waals surface area contributed by atoms with Crippen LogP contribution in [0.3, 0.4) is 0 Å². The molecular formula is C11H18N2O3S. The number of carbonyl (C=O) groups is 1. The summed E-state index contributed by atoms with van der Waals surface area (Å²) in [5.41, 5.74) is 0.388. The van der Waals surface area contributed by atoms with Crippen LogP contribution in [-0.2, 0) is 9.47 Å². The molecule has 0 radical (unpaired) electrons. The first-order chi connectivity index (χ1) is 8.08. The Morgan fingerprint density at radius 2 is 2.24 bits per heavy atom. The van der Waals surface area contributed by atoms with Gasteiger partial charge in [-0.25, -0.2) is 9.78 Å². The lowest BCUT2D eigenvalue weighted by Crippen LogP contribution is -2.17. The maximum atomic E-state index is 11.4. The lowest BCUT2D eigenvalue weighted by Gasteiger charge is -2.11. The molecule has 96 valence electrons. The van der Waals surface area contributed by atoms with Crippen LogP contribution in [0.5, 0.6) is 0 Å². The van der Waals surface area contributed by atoms with Gasteiger partial charge in [0.15, 0.2) is 10.8 Å². The zero-order valence-corrected chi connectivity index (χ0v) is 11.4. The Morgan fingerprint density at radius 1 is 1.53 bits per heavy atom. The van der Waals surface area contributed by atoms with Gasteiger partial charge in [0.25, 0.3) is 0 Å². The summed E-state index contributed by atoms with van der Waals surface area (Å²) in [5, 5.41) is 3.98. The largest absolute Gasteiger partial charge is 0.464 e. The normalized spacial score (nSPS) is 12.2. The highest BCUT2D eigenvalue weighted by atomic mass is 32.1. The molecule has 0 saturated carbocycles. The average Bonchev–Trinajstić information content (AvgIpc) is 2.66. The number of hydrogen-bond donors (Lipinski definition) is 1. The molecule has 6 heteroatoms. The fraction of sp³-hybridized carbons (Fsp3) is 0.636. The second-order valence-corrected chi connectivity index (χ2v) is 4.95. The molecule has 1 atom stereocenters. The van der Waals surface area contributed by atoms with Crippen LogP contribution in [0.15, 0.2) is 0 Å². The summed E-state index contributed by atoms with van der Waals surface area (Å²) < 4.78 is 9.66. The van der Waals surface area contributed by atoms with E-state index in [1.165, 1.54) is 18.4 Å². The molecule has 17 heavy (non-hydrogen) atoms. The number of nitrogens with zero attached hydrogens (tertiary/aromatic N) is 1. The van der Waals surface area contributed by atoms with Gasteiger partial charge < -0.3 is 14.8 Å². The third-order valence-corrected chi connectivity index (χ3v) is 3.20. The van der Waals surface area contributed by atoms with Crippen LogP contribution < -0.4 is 5.32 Å². The topological polar surface area (TPSA) is 60.5 Å². The van der Waals surface area contributed by atoms with Crippen LogP contribution in [-0.4, -0.2) is 37.8 Å². The van der Waals surface area contributed by atoms with E-state index >= 15 is 0 Å². The Balaban J connectivity index is 2.63. The van der Waals surface area contributed by atoms with Crippen molar-refractivity contribution in [3.63, 3.8) is 0 Å². The molecule has 0 spiro atoms. The van der Waals surface area contributed by atoms with E-state index in [9.17, 15) is 4.79 Å². The fourth-order valence-electron chi connectivity index (χ4n) is 1.32. The van der Waals surface area contributed by atoms with E-state index in [1.54, 1.807) is 7.11 Å². The molecule has 0 amide bonds. The third-order valence-electron chi connectivity index (χ3n) is 2.30. The van der Waals surface area contributed by atoms with E-state index in [4.69, 9.17) is 4.74 Å². The highest BCUT2D eigenvalue weighted by Crippen LogP contribution is 2.23. The van der Waals surface area contributed by atoms with Crippen LogP contribution >= 0.6 is 11.3 Å². The molecule has 1 rings (SSSR count). The minimum absolute atomic E-state index is 0.256. The predicted octanol–water partition coefficient (Wildman–Crippen LogP) is 2.08. The molecule has 1 aromatic heterocycles. The number of rotatable bonds is 6. The van der Waals surface area contributed by atoms with Gasteiger partial charge in [-0.1, -0.05) is 0 Å². The van der Waals surface area contributed by atoms with Crippen molar-refractivity contribution in [3.8, 4) is 0 Å². The molecule has 1 N–H and O–H groups in total. The Morgan fingerprint density at radius 3 is 2.82 bits per heavy atom. The lowest BCUT2D eigenvalue weighted by molar-refractivity contribution is 0.0594. The Kier molecular flexibility index (Phi) is 5.37. The highest BCUT2D eigenvalue weighted by molar-refractivity contribution is 7.15. The van der Waals surface area contributed by atoms with Crippen molar-refractivity contribution < 1.29 is 14.3 Å². The summed E-state index contributed by atoms with van der Waals surface area (Å²) >= 11 is 1.46. The molecule has 1 heterocycles.